The lowest BCUT2D eigenvalue weighted by Crippen LogP contribution is -2.61. The maximum atomic E-state index is 10.8. The smallest absolute Gasteiger partial charge is 0.329 e. The van der Waals surface area contributed by atoms with Crippen LogP contribution in [0.3, 0.4) is 0 Å². The molecule has 148 valence electrons. The van der Waals surface area contributed by atoms with Crippen molar-refractivity contribution in [3.8, 4) is 0 Å². The van der Waals surface area contributed by atoms with Gasteiger partial charge in [0.2, 0.25) is 0 Å². The molecule has 1 aliphatic heterocycles. The zero-order valence-electron chi connectivity index (χ0n) is 15.3. The van der Waals surface area contributed by atoms with Gasteiger partial charge in [-0.1, -0.05) is 13.8 Å². The van der Waals surface area contributed by atoms with Crippen molar-refractivity contribution in [1.82, 2.24) is 0 Å². The molecule has 0 radical (unpaired) electrons. The van der Waals surface area contributed by atoms with Crippen molar-refractivity contribution in [3.05, 3.63) is 0 Å². The van der Waals surface area contributed by atoms with Gasteiger partial charge in [0.25, 0.3) is 0 Å². The molecule has 0 aromatic heterocycles. The van der Waals surface area contributed by atoms with Crippen LogP contribution in [0.25, 0.3) is 0 Å². The fourth-order valence-corrected chi connectivity index (χ4v) is 2.64. The van der Waals surface area contributed by atoms with Crippen LogP contribution in [0.4, 0.5) is 0 Å². The number of carboxylic acid groups (broad SMARTS) is 1. The Balaban J connectivity index is 2.86. The number of carboxylic acids is 1. The van der Waals surface area contributed by atoms with Crippen LogP contribution < -0.4 is 0 Å². The number of hydrogen-bond donors (Lipinski definition) is 2. The van der Waals surface area contributed by atoms with Crippen LogP contribution in [0, 0.1) is 5.92 Å². The highest BCUT2D eigenvalue weighted by Gasteiger charge is 2.48. The predicted molar refractivity (Wildman–Crippen MR) is 86.3 cm³/mol. The fourth-order valence-electron chi connectivity index (χ4n) is 2.64. The number of aliphatic hydroxyl groups is 1. The zero-order valence-corrected chi connectivity index (χ0v) is 15.3. The Labute approximate surface area is 148 Å². The van der Waals surface area contributed by atoms with Gasteiger partial charge in [-0.3, -0.25) is 0 Å². The normalized spacial score (nSPS) is 29.9. The molecule has 0 amide bonds. The van der Waals surface area contributed by atoms with Gasteiger partial charge in [0.05, 0.1) is 19.8 Å². The molecule has 25 heavy (non-hydrogen) atoms. The van der Waals surface area contributed by atoms with Crippen molar-refractivity contribution in [3.63, 3.8) is 0 Å². The largest absolute Gasteiger partial charge is 0.480 e. The highest BCUT2D eigenvalue weighted by atomic mass is 16.7. The summed E-state index contributed by atoms with van der Waals surface area (Å²) < 4.78 is 33.4. The molecule has 0 bridgehead atoms. The summed E-state index contributed by atoms with van der Waals surface area (Å²) in [4.78, 5) is 10.8. The van der Waals surface area contributed by atoms with Gasteiger partial charge in [0.15, 0.2) is 6.29 Å². The zero-order chi connectivity index (χ0) is 18.8. The number of methoxy groups -OCH3 is 2. The Bertz CT molecular complexity index is 377. The van der Waals surface area contributed by atoms with Crippen LogP contribution in [0.15, 0.2) is 0 Å². The molecule has 1 saturated heterocycles. The predicted octanol–water partition coefficient (Wildman–Crippen LogP) is -0.107. The van der Waals surface area contributed by atoms with Crippen molar-refractivity contribution in [1.29, 1.82) is 0 Å². The molecule has 9 nitrogen and oxygen atoms in total. The third-order valence-electron chi connectivity index (χ3n) is 3.64. The van der Waals surface area contributed by atoms with Gasteiger partial charge < -0.3 is 38.6 Å². The van der Waals surface area contributed by atoms with Gasteiger partial charge in [-0.25, -0.2) is 4.79 Å². The molecule has 0 saturated carbocycles. The summed E-state index contributed by atoms with van der Waals surface area (Å²) in [6.45, 7) is 4.16. The minimum absolute atomic E-state index is 0.0335. The van der Waals surface area contributed by atoms with E-state index >= 15 is 0 Å². The van der Waals surface area contributed by atoms with Crippen molar-refractivity contribution in [2.75, 3.05) is 47.3 Å². The lowest BCUT2D eigenvalue weighted by molar-refractivity contribution is -0.317. The van der Waals surface area contributed by atoms with Crippen LogP contribution in [0.5, 0.6) is 0 Å². The number of aliphatic hydroxyl groups excluding tert-OH is 1. The minimum atomic E-state index is -1.13. The number of carbonyl (C=O) groups is 1. The molecule has 9 heteroatoms. The maximum Gasteiger partial charge on any atom is 0.329 e. The molecule has 1 heterocycles. The SMILES string of the molecule is COC1C(COCC(C)C)O[C@@H](OCC(=O)O)[C@H](OCCO)[C@H]1OC. The molecular weight excluding hydrogens is 336 g/mol. The van der Waals surface area contributed by atoms with E-state index in [9.17, 15) is 4.79 Å². The quantitative estimate of drug-likeness (QED) is 0.488. The number of ether oxygens (including phenoxy) is 6. The first-order chi connectivity index (χ1) is 11.9. The molecule has 2 unspecified atom stereocenters. The third-order valence-corrected chi connectivity index (χ3v) is 3.64. The summed E-state index contributed by atoms with van der Waals surface area (Å²) in [5.41, 5.74) is 0. The first-order valence-corrected chi connectivity index (χ1v) is 8.29. The van der Waals surface area contributed by atoms with Gasteiger partial charge in [-0.15, -0.1) is 0 Å². The Kier molecular flexibility index (Phi) is 10.4. The molecule has 5 atom stereocenters. The summed E-state index contributed by atoms with van der Waals surface area (Å²) in [5, 5.41) is 17.9. The van der Waals surface area contributed by atoms with Crippen molar-refractivity contribution in [2.24, 2.45) is 5.92 Å². The third kappa shape index (κ3) is 7.14. The van der Waals surface area contributed by atoms with E-state index in [1.54, 1.807) is 0 Å². The highest BCUT2D eigenvalue weighted by molar-refractivity contribution is 5.68. The summed E-state index contributed by atoms with van der Waals surface area (Å²) >= 11 is 0. The molecule has 0 spiro atoms. The average molecular weight is 366 g/mol. The molecule has 0 aliphatic carbocycles. The number of hydrogen-bond acceptors (Lipinski definition) is 8. The van der Waals surface area contributed by atoms with Crippen molar-refractivity contribution < 1.29 is 43.4 Å². The van der Waals surface area contributed by atoms with Crippen LogP contribution >= 0.6 is 0 Å². The Hall–Kier alpha value is -0.810. The summed E-state index contributed by atoms with van der Waals surface area (Å²) in [5.74, 6) is -0.762. The second-order valence-corrected chi connectivity index (χ2v) is 6.14. The molecule has 1 fully saturated rings. The molecule has 0 aromatic rings. The van der Waals surface area contributed by atoms with Crippen LogP contribution in [0.1, 0.15) is 13.8 Å². The summed E-state index contributed by atoms with van der Waals surface area (Å²) in [7, 11) is 3.02. The van der Waals surface area contributed by atoms with Gasteiger partial charge in [0, 0.05) is 20.8 Å². The molecule has 2 N–H and O–H groups in total. The monoisotopic (exact) mass is 366 g/mol. The molecular formula is C16H30O9. The summed E-state index contributed by atoms with van der Waals surface area (Å²) in [6.07, 6.45) is -3.31. The lowest BCUT2D eigenvalue weighted by Gasteiger charge is -2.44. The Morgan fingerprint density at radius 1 is 1.12 bits per heavy atom. The highest BCUT2D eigenvalue weighted by Crippen LogP contribution is 2.28. The second-order valence-electron chi connectivity index (χ2n) is 6.14. The van der Waals surface area contributed by atoms with Crippen molar-refractivity contribution >= 4 is 5.97 Å². The Morgan fingerprint density at radius 2 is 1.80 bits per heavy atom. The van der Waals surface area contributed by atoms with E-state index in [1.807, 2.05) is 13.8 Å². The van der Waals surface area contributed by atoms with Gasteiger partial charge in [0.1, 0.15) is 31.0 Å². The molecule has 1 aliphatic rings. The van der Waals surface area contributed by atoms with E-state index in [-0.39, 0.29) is 19.8 Å². The van der Waals surface area contributed by atoms with E-state index in [0.29, 0.717) is 12.5 Å². The number of rotatable bonds is 12. The topological polar surface area (TPSA) is 113 Å². The lowest BCUT2D eigenvalue weighted by atomic mass is 9.98. The first kappa shape index (κ1) is 22.2. The van der Waals surface area contributed by atoms with Gasteiger partial charge in [-0.05, 0) is 5.92 Å². The fraction of sp³-hybridized carbons (Fsp3) is 0.938. The standard InChI is InChI=1S/C16H30O9/c1-10(2)7-22-8-11-13(20-3)14(21-4)15(23-6-5-17)16(25-11)24-9-12(18)19/h10-11,13-17H,5-9H2,1-4H3,(H,18,19)/t11?,13?,14-,15+,16+/m0/s1. The first-order valence-electron chi connectivity index (χ1n) is 8.29. The van der Waals surface area contributed by atoms with Crippen LogP contribution in [0.2, 0.25) is 0 Å². The van der Waals surface area contributed by atoms with Crippen molar-refractivity contribution in [2.45, 2.75) is 44.6 Å². The maximum absolute atomic E-state index is 10.8. The minimum Gasteiger partial charge on any atom is -0.480 e. The van der Waals surface area contributed by atoms with Gasteiger partial charge in [-0.2, -0.15) is 0 Å². The van der Waals surface area contributed by atoms with E-state index in [1.165, 1.54) is 14.2 Å². The van der Waals surface area contributed by atoms with E-state index in [4.69, 9.17) is 38.6 Å². The summed E-state index contributed by atoms with van der Waals surface area (Å²) in [6, 6.07) is 0. The second kappa shape index (κ2) is 11.7. The van der Waals surface area contributed by atoms with E-state index in [0.717, 1.165) is 0 Å². The molecule has 0 aromatic carbocycles. The van der Waals surface area contributed by atoms with E-state index < -0.39 is 43.3 Å². The van der Waals surface area contributed by atoms with Crippen LogP contribution in [-0.2, 0) is 33.2 Å². The number of aliphatic carboxylic acids is 1. The van der Waals surface area contributed by atoms with Crippen LogP contribution in [-0.4, -0.2) is 94.1 Å². The van der Waals surface area contributed by atoms with Gasteiger partial charge >= 0.3 is 5.97 Å². The van der Waals surface area contributed by atoms with E-state index in [2.05, 4.69) is 0 Å². The Morgan fingerprint density at radius 3 is 2.32 bits per heavy atom. The molecule has 1 rings (SSSR count). The average Bonchev–Trinajstić information content (AvgIpc) is 2.57.